The van der Waals surface area contributed by atoms with Gasteiger partial charge in [0.1, 0.15) is 5.75 Å². The van der Waals surface area contributed by atoms with Crippen molar-refractivity contribution in [2.24, 2.45) is 11.7 Å². The highest BCUT2D eigenvalue weighted by molar-refractivity contribution is 6.34. The average Bonchev–Trinajstić information content (AvgIpc) is 2.35. The molecule has 1 aromatic carbocycles. The zero-order chi connectivity index (χ0) is 13.7. The Bertz CT molecular complexity index is 392. The summed E-state index contributed by atoms with van der Waals surface area (Å²) in [5.74, 6) is 1.03. The monoisotopic (exact) mass is 289 g/mol. The first-order chi connectivity index (χ1) is 8.54. The zero-order valence-corrected chi connectivity index (χ0v) is 12.7. The average molecular weight is 290 g/mol. The molecule has 1 aromatic rings. The maximum Gasteiger partial charge on any atom is 0.139 e. The third-order valence-corrected chi connectivity index (χ3v) is 3.89. The summed E-state index contributed by atoms with van der Waals surface area (Å²) in [6, 6.07) is 3.50. The second-order valence-electron chi connectivity index (χ2n) is 4.34. The van der Waals surface area contributed by atoms with Crippen molar-refractivity contribution in [3.05, 3.63) is 27.7 Å². The SMILES string of the molecule is CCOc1cc(Cl)c(C(N)C(CC)CC)cc1Cl. The van der Waals surface area contributed by atoms with Gasteiger partial charge in [0.05, 0.1) is 11.6 Å². The first-order valence-corrected chi connectivity index (χ1v) is 7.17. The second-order valence-corrected chi connectivity index (χ2v) is 5.15. The Kier molecular flexibility index (Phi) is 6.27. The molecule has 0 radical (unpaired) electrons. The Morgan fingerprint density at radius 2 is 1.72 bits per heavy atom. The first kappa shape index (κ1) is 15.6. The van der Waals surface area contributed by atoms with Gasteiger partial charge in [-0.05, 0) is 24.5 Å². The van der Waals surface area contributed by atoms with Crippen molar-refractivity contribution in [3.8, 4) is 5.75 Å². The van der Waals surface area contributed by atoms with E-state index in [2.05, 4.69) is 13.8 Å². The van der Waals surface area contributed by atoms with Crippen LogP contribution in [0.5, 0.6) is 5.75 Å². The molecule has 2 nitrogen and oxygen atoms in total. The van der Waals surface area contributed by atoms with Crippen LogP contribution in [0, 0.1) is 5.92 Å². The highest BCUT2D eigenvalue weighted by atomic mass is 35.5. The summed E-state index contributed by atoms with van der Waals surface area (Å²) in [6.07, 6.45) is 2.05. The van der Waals surface area contributed by atoms with E-state index in [4.69, 9.17) is 33.7 Å². The minimum absolute atomic E-state index is 0.0827. The smallest absolute Gasteiger partial charge is 0.139 e. The molecular formula is C14H21Cl2NO. The van der Waals surface area contributed by atoms with Crippen LogP contribution in [0.1, 0.15) is 45.2 Å². The molecule has 0 aliphatic rings. The number of rotatable bonds is 6. The standard InChI is InChI=1S/C14H21Cl2NO/c1-4-9(5-2)14(17)10-7-12(16)13(18-6-3)8-11(10)15/h7-9,14H,4-6,17H2,1-3H3. The van der Waals surface area contributed by atoms with Gasteiger partial charge in [-0.15, -0.1) is 0 Å². The van der Waals surface area contributed by atoms with E-state index in [-0.39, 0.29) is 6.04 Å². The normalized spacial score (nSPS) is 12.8. The Morgan fingerprint density at radius 1 is 1.11 bits per heavy atom. The Hall–Kier alpha value is -0.440. The highest BCUT2D eigenvalue weighted by Gasteiger charge is 2.20. The van der Waals surface area contributed by atoms with Gasteiger partial charge in [0, 0.05) is 17.1 Å². The van der Waals surface area contributed by atoms with E-state index in [1.165, 1.54) is 0 Å². The number of hydrogen-bond acceptors (Lipinski definition) is 2. The molecule has 0 bridgehead atoms. The molecule has 0 aromatic heterocycles. The molecule has 0 spiro atoms. The topological polar surface area (TPSA) is 35.2 Å². The third kappa shape index (κ3) is 3.53. The van der Waals surface area contributed by atoms with Crippen LogP contribution in [-0.2, 0) is 0 Å². The molecule has 0 aliphatic carbocycles. The Balaban J connectivity index is 3.06. The molecular weight excluding hydrogens is 269 g/mol. The van der Waals surface area contributed by atoms with E-state index in [1.54, 1.807) is 6.07 Å². The van der Waals surface area contributed by atoms with Crippen molar-refractivity contribution in [2.75, 3.05) is 6.61 Å². The quantitative estimate of drug-likeness (QED) is 0.814. The summed E-state index contributed by atoms with van der Waals surface area (Å²) < 4.78 is 5.41. The largest absolute Gasteiger partial charge is 0.492 e. The van der Waals surface area contributed by atoms with Gasteiger partial charge in [-0.25, -0.2) is 0 Å². The summed E-state index contributed by atoms with van der Waals surface area (Å²) in [4.78, 5) is 0. The van der Waals surface area contributed by atoms with Gasteiger partial charge in [-0.3, -0.25) is 0 Å². The number of nitrogens with two attached hydrogens (primary N) is 1. The third-order valence-electron chi connectivity index (χ3n) is 3.27. The van der Waals surface area contributed by atoms with Gasteiger partial charge < -0.3 is 10.5 Å². The predicted molar refractivity (Wildman–Crippen MR) is 78.6 cm³/mol. The highest BCUT2D eigenvalue weighted by Crippen LogP contribution is 2.36. The minimum Gasteiger partial charge on any atom is -0.492 e. The second kappa shape index (κ2) is 7.22. The lowest BCUT2D eigenvalue weighted by Gasteiger charge is -2.23. The van der Waals surface area contributed by atoms with Crippen LogP contribution in [-0.4, -0.2) is 6.61 Å². The lowest BCUT2D eigenvalue weighted by molar-refractivity contribution is 0.340. The van der Waals surface area contributed by atoms with E-state index in [9.17, 15) is 0 Å². The Morgan fingerprint density at radius 3 is 2.22 bits per heavy atom. The van der Waals surface area contributed by atoms with Gasteiger partial charge in [-0.1, -0.05) is 49.9 Å². The van der Waals surface area contributed by atoms with Crippen molar-refractivity contribution in [1.82, 2.24) is 0 Å². The van der Waals surface area contributed by atoms with Crippen molar-refractivity contribution < 1.29 is 4.74 Å². The number of benzene rings is 1. The van der Waals surface area contributed by atoms with Crippen LogP contribution in [0.15, 0.2) is 12.1 Å². The van der Waals surface area contributed by atoms with E-state index < -0.39 is 0 Å². The Labute approximate surface area is 119 Å². The van der Waals surface area contributed by atoms with Gasteiger partial charge in [0.15, 0.2) is 0 Å². The van der Waals surface area contributed by atoms with Gasteiger partial charge in [0.2, 0.25) is 0 Å². The summed E-state index contributed by atoms with van der Waals surface area (Å²) in [5.41, 5.74) is 7.17. The molecule has 102 valence electrons. The molecule has 0 heterocycles. The lowest BCUT2D eigenvalue weighted by atomic mass is 9.89. The predicted octanol–water partition coefficient (Wildman–Crippen LogP) is 4.83. The first-order valence-electron chi connectivity index (χ1n) is 6.42. The molecule has 4 heteroatoms. The number of halogens is 2. The molecule has 0 fully saturated rings. The molecule has 0 amide bonds. The fraction of sp³-hybridized carbons (Fsp3) is 0.571. The lowest BCUT2D eigenvalue weighted by Crippen LogP contribution is -2.20. The molecule has 18 heavy (non-hydrogen) atoms. The van der Waals surface area contributed by atoms with Crippen molar-refractivity contribution in [1.29, 1.82) is 0 Å². The minimum atomic E-state index is -0.0827. The van der Waals surface area contributed by atoms with Crippen molar-refractivity contribution in [2.45, 2.75) is 39.7 Å². The van der Waals surface area contributed by atoms with Crippen LogP contribution < -0.4 is 10.5 Å². The van der Waals surface area contributed by atoms with Crippen LogP contribution in [0.2, 0.25) is 10.0 Å². The molecule has 1 unspecified atom stereocenters. The van der Waals surface area contributed by atoms with Crippen LogP contribution in [0.4, 0.5) is 0 Å². The zero-order valence-electron chi connectivity index (χ0n) is 11.2. The number of hydrogen-bond donors (Lipinski definition) is 1. The summed E-state index contributed by atoms with van der Waals surface area (Å²) in [5, 5.41) is 1.19. The fourth-order valence-electron chi connectivity index (χ4n) is 2.12. The van der Waals surface area contributed by atoms with Crippen LogP contribution in [0.25, 0.3) is 0 Å². The van der Waals surface area contributed by atoms with E-state index in [1.807, 2.05) is 13.0 Å². The van der Waals surface area contributed by atoms with E-state index in [0.717, 1.165) is 18.4 Å². The molecule has 0 saturated carbocycles. The van der Waals surface area contributed by atoms with Crippen LogP contribution >= 0.6 is 23.2 Å². The maximum atomic E-state index is 6.27. The molecule has 0 aliphatic heterocycles. The van der Waals surface area contributed by atoms with Gasteiger partial charge in [0.25, 0.3) is 0 Å². The summed E-state index contributed by atoms with van der Waals surface area (Å²) in [7, 11) is 0. The molecule has 1 rings (SSSR count). The van der Waals surface area contributed by atoms with Crippen molar-refractivity contribution in [3.63, 3.8) is 0 Å². The summed E-state index contributed by atoms with van der Waals surface area (Å²) in [6.45, 7) is 6.75. The van der Waals surface area contributed by atoms with Crippen molar-refractivity contribution >= 4 is 23.2 Å². The molecule has 0 saturated heterocycles. The molecule has 2 N–H and O–H groups in total. The van der Waals surface area contributed by atoms with Gasteiger partial charge in [-0.2, -0.15) is 0 Å². The summed E-state index contributed by atoms with van der Waals surface area (Å²) >= 11 is 12.4. The number of ether oxygens (including phenoxy) is 1. The van der Waals surface area contributed by atoms with E-state index >= 15 is 0 Å². The fourth-order valence-corrected chi connectivity index (χ4v) is 2.62. The van der Waals surface area contributed by atoms with Gasteiger partial charge >= 0.3 is 0 Å². The van der Waals surface area contributed by atoms with Crippen LogP contribution in [0.3, 0.4) is 0 Å². The van der Waals surface area contributed by atoms with E-state index in [0.29, 0.717) is 28.3 Å². The maximum absolute atomic E-state index is 6.27. The molecule has 1 atom stereocenters.